The minimum atomic E-state index is -3.67. The molecule has 0 bridgehead atoms. The fourth-order valence-electron chi connectivity index (χ4n) is 0.614. The lowest BCUT2D eigenvalue weighted by molar-refractivity contribution is 0.593. The summed E-state index contributed by atoms with van der Waals surface area (Å²) in [6.07, 6.45) is 1.13. The first-order valence-electron chi connectivity index (χ1n) is 3.33. The third-order valence-electron chi connectivity index (χ3n) is 1.26. The summed E-state index contributed by atoms with van der Waals surface area (Å²) in [5, 5.41) is -0.132. The van der Waals surface area contributed by atoms with Gasteiger partial charge in [-0.2, -0.15) is 8.42 Å². The van der Waals surface area contributed by atoms with Gasteiger partial charge in [-0.1, -0.05) is 23.2 Å². The lowest BCUT2D eigenvalue weighted by Gasteiger charge is -2.07. The number of aromatic nitrogens is 2. The van der Waals surface area contributed by atoms with Crippen molar-refractivity contribution in [3.05, 3.63) is 16.6 Å². The van der Waals surface area contributed by atoms with Gasteiger partial charge in [0.2, 0.25) is 0 Å². The van der Waals surface area contributed by atoms with Crippen LogP contribution in [0.25, 0.3) is 0 Å². The van der Waals surface area contributed by atoms with E-state index in [4.69, 9.17) is 23.2 Å². The number of anilines is 1. The van der Waals surface area contributed by atoms with Crippen molar-refractivity contribution in [2.75, 3.05) is 11.8 Å². The molecule has 0 saturated heterocycles. The fraction of sp³-hybridized carbons (Fsp3) is 0.200. The zero-order valence-electron chi connectivity index (χ0n) is 6.95. The molecule has 0 amide bonds. The highest BCUT2D eigenvalue weighted by atomic mass is 35.5. The largest absolute Gasteiger partial charge is 0.299 e. The molecule has 0 spiro atoms. The quantitative estimate of drug-likeness (QED) is 0.779. The van der Waals surface area contributed by atoms with Gasteiger partial charge in [-0.25, -0.2) is 14.7 Å². The van der Waals surface area contributed by atoms with Gasteiger partial charge in [0.25, 0.3) is 10.2 Å². The molecule has 1 rings (SSSR count). The van der Waals surface area contributed by atoms with E-state index in [9.17, 15) is 8.42 Å². The summed E-state index contributed by atoms with van der Waals surface area (Å²) in [4.78, 5) is 7.15. The van der Waals surface area contributed by atoms with E-state index in [1.807, 2.05) is 4.72 Å². The first-order valence-corrected chi connectivity index (χ1v) is 5.57. The smallest absolute Gasteiger partial charge is 0.265 e. The van der Waals surface area contributed by atoms with E-state index in [0.717, 1.165) is 6.33 Å². The third kappa shape index (κ3) is 2.68. The van der Waals surface area contributed by atoms with Gasteiger partial charge >= 0.3 is 0 Å². The van der Waals surface area contributed by atoms with Gasteiger partial charge in [0.05, 0.1) is 0 Å². The number of nitrogens with zero attached hydrogens (tertiary/aromatic N) is 2. The number of rotatable bonds is 3. The predicted octanol–water partition coefficient (Wildman–Crippen LogP) is 0.659. The van der Waals surface area contributed by atoms with Gasteiger partial charge in [0.15, 0.2) is 10.3 Å². The summed E-state index contributed by atoms with van der Waals surface area (Å²) in [6.45, 7) is 0. The Morgan fingerprint density at radius 1 is 1.29 bits per heavy atom. The second-order valence-electron chi connectivity index (χ2n) is 2.14. The summed E-state index contributed by atoms with van der Waals surface area (Å²) in [6, 6.07) is 0. The molecule has 0 aliphatic heterocycles. The molecule has 0 unspecified atom stereocenters. The zero-order valence-corrected chi connectivity index (χ0v) is 9.28. The average Bonchev–Trinajstić information content (AvgIpc) is 2.12. The molecule has 1 aromatic heterocycles. The summed E-state index contributed by atoms with van der Waals surface area (Å²) in [5.41, 5.74) is -0.0508. The van der Waals surface area contributed by atoms with E-state index in [1.54, 1.807) is 0 Å². The van der Waals surface area contributed by atoms with E-state index in [0.29, 0.717) is 0 Å². The summed E-state index contributed by atoms with van der Waals surface area (Å²) in [5.74, 6) is 0. The fourth-order valence-corrected chi connectivity index (χ4v) is 1.70. The van der Waals surface area contributed by atoms with Crippen LogP contribution >= 0.6 is 23.2 Å². The molecular weight excluding hydrogens is 251 g/mol. The molecule has 0 atom stereocenters. The van der Waals surface area contributed by atoms with Gasteiger partial charge in [-0.3, -0.25) is 4.72 Å². The minimum absolute atomic E-state index is 0.0508. The maximum Gasteiger partial charge on any atom is 0.299 e. The first-order chi connectivity index (χ1) is 6.46. The maximum atomic E-state index is 11.1. The number of nitrogens with one attached hydrogen (secondary N) is 2. The molecule has 1 heterocycles. The molecule has 0 aromatic carbocycles. The van der Waals surface area contributed by atoms with Crippen LogP contribution in [-0.2, 0) is 10.2 Å². The van der Waals surface area contributed by atoms with E-state index in [-0.39, 0.29) is 16.0 Å². The normalized spacial score (nSPS) is 11.4. The second kappa shape index (κ2) is 4.26. The molecule has 2 N–H and O–H groups in total. The van der Waals surface area contributed by atoms with Crippen molar-refractivity contribution in [2.24, 2.45) is 0 Å². The Morgan fingerprint density at radius 3 is 2.21 bits per heavy atom. The number of hydrogen-bond donors (Lipinski definition) is 2. The Kier molecular flexibility index (Phi) is 3.48. The van der Waals surface area contributed by atoms with Gasteiger partial charge in [-0.05, 0) is 0 Å². The maximum absolute atomic E-state index is 11.1. The van der Waals surface area contributed by atoms with Crippen molar-refractivity contribution < 1.29 is 8.42 Å². The minimum Gasteiger partial charge on any atom is -0.265 e. The average molecular weight is 257 g/mol. The number of hydrogen-bond acceptors (Lipinski definition) is 4. The summed E-state index contributed by atoms with van der Waals surface area (Å²) >= 11 is 11.2. The van der Waals surface area contributed by atoms with Crippen molar-refractivity contribution in [3.63, 3.8) is 0 Å². The van der Waals surface area contributed by atoms with E-state index in [2.05, 4.69) is 14.7 Å². The summed E-state index contributed by atoms with van der Waals surface area (Å²) < 4.78 is 26.3. The topological polar surface area (TPSA) is 84.0 Å². The zero-order chi connectivity index (χ0) is 10.8. The van der Waals surface area contributed by atoms with Crippen LogP contribution in [0.1, 0.15) is 0 Å². The van der Waals surface area contributed by atoms with E-state index in [1.165, 1.54) is 7.05 Å². The van der Waals surface area contributed by atoms with Crippen molar-refractivity contribution in [3.8, 4) is 0 Å². The highest BCUT2D eigenvalue weighted by Gasteiger charge is 2.14. The molecular formula is C5H6Cl2N4O2S. The predicted molar refractivity (Wildman–Crippen MR) is 53.7 cm³/mol. The van der Waals surface area contributed by atoms with Crippen molar-refractivity contribution in [1.29, 1.82) is 0 Å². The molecule has 9 heteroatoms. The molecule has 14 heavy (non-hydrogen) atoms. The van der Waals surface area contributed by atoms with Crippen LogP contribution in [0.5, 0.6) is 0 Å². The van der Waals surface area contributed by atoms with E-state index < -0.39 is 10.2 Å². The SMILES string of the molecule is CNS(=O)(=O)Nc1c(Cl)ncnc1Cl. The second-order valence-corrected chi connectivity index (χ2v) is 4.48. The van der Waals surface area contributed by atoms with Crippen LogP contribution in [-0.4, -0.2) is 25.4 Å². The van der Waals surface area contributed by atoms with Crippen LogP contribution in [0.15, 0.2) is 6.33 Å². The summed E-state index contributed by atoms with van der Waals surface area (Å²) in [7, 11) is -2.42. The molecule has 0 aliphatic rings. The Morgan fingerprint density at radius 2 is 1.79 bits per heavy atom. The van der Waals surface area contributed by atoms with Crippen molar-refractivity contribution in [1.82, 2.24) is 14.7 Å². The van der Waals surface area contributed by atoms with Gasteiger partial charge in [0.1, 0.15) is 12.0 Å². The molecule has 0 radical (unpaired) electrons. The van der Waals surface area contributed by atoms with Gasteiger partial charge in [-0.15, -0.1) is 0 Å². The first kappa shape index (κ1) is 11.4. The molecule has 1 aromatic rings. The highest BCUT2D eigenvalue weighted by Crippen LogP contribution is 2.26. The monoisotopic (exact) mass is 256 g/mol. The lowest BCUT2D eigenvalue weighted by Crippen LogP contribution is -2.26. The van der Waals surface area contributed by atoms with Crippen molar-refractivity contribution in [2.45, 2.75) is 0 Å². The molecule has 0 aliphatic carbocycles. The molecule has 78 valence electrons. The lowest BCUT2D eigenvalue weighted by atomic mass is 10.6. The molecule has 0 saturated carbocycles. The molecule has 6 nitrogen and oxygen atoms in total. The van der Waals surface area contributed by atoms with Gasteiger partial charge < -0.3 is 0 Å². The van der Waals surface area contributed by atoms with Crippen LogP contribution in [0.4, 0.5) is 5.69 Å². The molecule has 0 fully saturated rings. The Balaban J connectivity index is 3.09. The Hall–Kier alpha value is -0.630. The van der Waals surface area contributed by atoms with Gasteiger partial charge in [0, 0.05) is 7.05 Å². The van der Waals surface area contributed by atoms with Crippen molar-refractivity contribution >= 4 is 39.1 Å². The van der Waals surface area contributed by atoms with Crippen LogP contribution in [0.3, 0.4) is 0 Å². The van der Waals surface area contributed by atoms with E-state index >= 15 is 0 Å². The third-order valence-corrected chi connectivity index (χ3v) is 2.84. The number of halogens is 2. The Labute approximate surface area is 90.8 Å². The van der Waals surface area contributed by atoms with Crippen LogP contribution in [0, 0.1) is 0 Å². The Bertz CT molecular complexity index is 415. The standard InChI is InChI=1S/C5H6Cl2N4O2S/c1-8-14(12,13)11-3-4(6)9-2-10-5(3)7/h2,8,11H,1H3. The highest BCUT2D eigenvalue weighted by molar-refractivity contribution is 7.90. The van der Waals surface area contributed by atoms with Crippen LogP contribution in [0.2, 0.25) is 10.3 Å². The van der Waals surface area contributed by atoms with Crippen LogP contribution < -0.4 is 9.44 Å².